The quantitative estimate of drug-likeness (QED) is 0.212. The van der Waals surface area contributed by atoms with Gasteiger partial charge in [0.2, 0.25) is 0 Å². The smallest absolute Gasteiger partial charge is 0.307 e. The highest BCUT2D eigenvalue weighted by Crippen LogP contribution is 2.35. The number of carbonyl (C=O) groups is 1. The van der Waals surface area contributed by atoms with Gasteiger partial charge >= 0.3 is 5.97 Å². The lowest BCUT2D eigenvalue weighted by molar-refractivity contribution is -0.136. The number of ether oxygens (including phenoxy) is 1. The van der Waals surface area contributed by atoms with Gasteiger partial charge in [-0.25, -0.2) is 22.5 Å². The second-order valence-electron chi connectivity index (χ2n) is 8.20. The maximum absolute atomic E-state index is 15.2. The minimum Gasteiger partial charge on any atom is -0.481 e. The van der Waals surface area contributed by atoms with Crippen LogP contribution < -0.4 is 4.74 Å². The van der Waals surface area contributed by atoms with Crippen molar-refractivity contribution < 1.29 is 36.3 Å². The third-order valence-electron chi connectivity index (χ3n) is 5.78. The third-order valence-corrected chi connectivity index (χ3v) is 5.78. The number of fused-ring (bicyclic) bond motifs is 1. The molecular formula is C27H19F4N3O3. The molecule has 2 aromatic heterocycles. The van der Waals surface area contributed by atoms with E-state index in [1.807, 2.05) is 0 Å². The number of aromatic nitrogens is 3. The van der Waals surface area contributed by atoms with E-state index in [1.165, 1.54) is 30.5 Å². The van der Waals surface area contributed by atoms with Gasteiger partial charge in [0.15, 0.2) is 17.4 Å². The second kappa shape index (κ2) is 9.45. The first kappa shape index (κ1) is 20.6. The monoisotopic (exact) mass is 512 g/mol. The molecule has 5 aromatic rings. The number of halogens is 4. The summed E-state index contributed by atoms with van der Waals surface area (Å²) in [5.41, 5.74) is -0.581. The van der Waals surface area contributed by atoms with Crippen LogP contribution in [-0.4, -0.2) is 26.0 Å². The van der Waals surface area contributed by atoms with Crippen molar-refractivity contribution in [2.75, 3.05) is 0 Å². The van der Waals surface area contributed by atoms with Crippen LogP contribution in [0, 0.1) is 23.3 Å². The van der Waals surface area contributed by atoms with Gasteiger partial charge in [0.25, 0.3) is 0 Å². The molecule has 0 spiro atoms. The SMILES string of the molecule is [2H]C([2H])([2H])[C@H](c1cnc(-c2cc(Oc3c(F)cc4[nH]ccc4c3F)ccc2F)[nH]1)c1cccc(CC(=O)O)c1F. The predicted octanol–water partition coefficient (Wildman–Crippen LogP) is 6.69. The summed E-state index contributed by atoms with van der Waals surface area (Å²) in [7, 11) is 0. The molecule has 0 aliphatic carbocycles. The van der Waals surface area contributed by atoms with E-state index in [1.54, 1.807) is 0 Å². The van der Waals surface area contributed by atoms with Crippen molar-refractivity contribution in [2.45, 2.75) is 19.2 Å². The summed E-state index contributed by atoms with van der Waals surface area (Å²) in [4.78, 5) is 20.5. The van der Waals surface area contributed by atoms with Crippen LogP contribution in [0.3, 0.4) is 0 Å². The molecular weight excluding hydrogens is 490 g/mol. The first-order valence-electron chi connectivity index (χ1n) is 12.4. The molecule has 3 N–H and O–H groups in total. The lowest BCUT2D eigenvalue weighted by Crippen LogP contribution is -2.07. The molecule has 2 heterocycles. The molecule has 0 aliphatic heterocycles. The Hall–Kier alpha value is -4.60. The Morgan fingerprint density at radius 3 is 2.73 bits per heavy atom. The Balaban J connectivity index is 1.52. The van der Waals surface area contributed by atoms with E-state index in [0.29, 0.717) is 0 Å². The van der Waals surface area contributed by atoms with Crippen LogP contribution in [0.25, 0.3) is 22.3 Å². The Labute approximate surface area is 211 Å². The fraction of sp³-hybridized carbons (Fsp3) is 0.111. The largest absolute Gasteiger partial charge is 0.481 e. The van der Waals surface area contributed by atoms with Gasteiger partial charge in [-0.3, -0.25) is 4.79 Å². The van der Waals surface area contributed by atoms with Crippen LogP contribution in [0.5, 0.6) is 11.5 Å². The first-order chi connectivity index (χ1) is 18.9. The number of rotatable bonds is 7. The molecule has 0 unspecified atom stereocenters. The van der Waals surface area contributed by atoms with Crippen LogP contribution in [0.1, 0.15) is 33.7 Å². The number of imidazole rings is 1. The molecule has 6 nitrogen and oxygen atoms in total. The maximum atomic E-state index is 15.2. The van der Waals surface area contributed by atoms with E-state index < -0.39 is 54.2 Å². The molecule has 1 atom stereocenters. The fourth-order valence-corrected chi connectivity index (χ4v) is 3.98. The molecule has 5 rings (SSSR count). The molecule has 0 saturated carbocycles. The molecule has 0 saturated heterocycles. The highest BCUT2D eigenvalue weighted by atomic mass is 19.1. The number of hydrogen-bond donors (Lipinski definition) is 3. The third kappa shape index (κ3) is 4.53. The maximum Gasteiger partial charge on any atom is 0.307 e. The summed E-state index contributed by atoms with van der Waals surface area (Å²) in [6.07, 6.45) is 1.88. The highest BCUT2D eigenvalue weighted by Gasteiger charge is 2.21. The Bertz CT molecular complexity index is 1750. The van der Waals surface area contributed by atoms with Gasteiger partial charge in [-0.15, -0.1) is 0 Å². The summed E-state index contributed by atoms with van der Waals surface area (Å²) in [5, 5.41) is 9.14. The summed E-state index contributed by atoms with van der Waals surface area (Å²) in [5.74, 6) is -7.65. The van der Waals surface area contributed by atoms with Crippen LogP contribution in [0.4, 0.5) is 17.6 Å². The number of benzene rings is 3. The molecule has 3 aromatic carbocycles. The number of carboxylic acids is 1. The predicted molar refractivity (Wildman–Crippen MR) is 128 cm³/mol. The van der Waals surface area contributed by atoms with Crippen molar-refractivity contribution in [3.05, 3.63) is 101 Å². The molecule has 0 aliphatic rings. The van der Waals surface area contributed by atoms with Crippen LogP contribution in [0.15, 0.2) is 60.9 Å². The minimum atomic E-state index is -2.80. The number of aliphatic carboxylic acids is 1. The highest BCUT2D eigenvalue weighted by molar-refractivity contribution is 5.82. The van der Waals surface area contributed by atoms with Crippen molar-refractivity contribution >= 4 is 16.9 Å². The molecule has 188 valence electrons. The van der Waals surface area contributed by atoms with Gasteiger partial charge in [0, 0.05) is 39.6 Å². The number of nitrogens with one attached hydrogen (secondary N) is 2. The second-order valence-corrected chi connectivity index (χ2v) is 8.20. The Morgan fingerprint density at radius 1 is 1.11 bits per heavy atom. The summed E-state index contributed by atoms with van der Waals surface area (Å²) in [6, 6.07) is 9.51. The zero-order valence-electron chi connectivity index (χ0n) is 21.8. The number of hydrogen-bond acceptors (Lipinski definition) is 3. The molecule has 0 fully saturated rings. The van der Waals surface area contributed by atoms with E-state index in [4.69, 9.17) is 14.0 Å². The average Bonchev–Trinajstić information content (AvgIpc) is 3.54. The summed E-state index contributed by atoms with van der Waals surface area (Å²) < 4.78 is 88.9. The standard InChI is InChI=1S/C27H19F4N3O3/c1-13(16-4-2-3-14(24(16)30)9-23(35)36)22-12-33-27(34-22)18-10-15(5-6-19(18)28)37-26-20(29)11-21-17(25(26)31)7-8-32-21/h2-8,10-13,32H,9H2,1H3,(H,33,34)(H,35,36)/t13-/m0/s1/i1D3. The van der Waals surface area contributed by atoms with Gasteiger partial charge < -0.3 is 19.8 Å². The average molecular weight is 512 g/mol. The molecule has 0 amide bonds. The lowest BCUT2D eigenvalue weighted by atomic mass is 9.95. The topological polar surface area (TPSA) is 91.0 Å². The molecule has 10 heteroatoms. The first-order valence-corrected chi connectivity index (χ1v) is 10.9. The van der Waals surface area contributed by atoms with Crippen LogP contribution >= 0.6 is 0 Å². The van der Waals surface area contributed by atoms with E-state index in [-0.39, 0.29) is 44.9 Å². The van der Waals surface area contributed by atoms with Crippen LogP contribution in [-0.2, 0) is 11.2 Å². The van der Waals surface area contributed by atoms with Crippen molar-refractivity contribution in [3.8, 4) is 22.9 Å². The van der Waals surface area contributed by atoms with Gasteiger partial charge in [-0.2, -0.15) is 0 Å². The van der Waals surface area contributed by atoms with E-state index in [2.05, 4.69) is 15.0 Å². The number of aromatic amines is 2. The van der Waals surface area contributed by atoms with Gasteiger partial charge in [0.1, 0.15) is 23.2 Å². The number of nitrogens with zero attached hydrogens (tertiary/aromatic N) is 1. The van der Waals surface area contributed by atoms with E-state index in [9.17, 15) is 18.0 Å². The summed E-state index contributed by atoms with van der Waals surface area (Å²) >= 11 is 0. The van der Waals surface area contributed by atoms with Crippen molar-refractivity contribution in [1.82, 2.24) is 15.0 Å². The van der Waals surface area contributed by atoms with Crippen molar-refractivity contribution in [1.29, 1.82) is 0 Å². The van der Waals surface area contributed by atoms with E-state index >= 15 is 4.39 Å². The van der Waals surface area contributed by atoms with E-state index in [0.717, 1.165) is 30.5 Å². The molecule has 0 radical (unpaired) electrons. The van der Waals surface area contributed by atoms with Gasteiger partial charge in [-0.05, 0) is 35.4 Å². The van der Waals surface area contributed by atoms with Crippen molar-refractivity contribution in [2.24, 2.45) is 0 Å². The van der Waals surface area contributed by atoms with Gasteiger partial charge in [-0.1, -0.05) is 25.1 Å². The number of carboxylic acid groups (broad SMARTS) is 1. The Kier molecular flexibility index (Phi) is 5.26. The minimum absolute atomic E-state index is 0.0878. The number of H-pyrrole nitrogens is 2. The van der Waals surface area contributed by atoms with Crippen LogP contribution in [0.2, 0.25) is 0 Å². The van der Waals surface area contributed by atoms with Gasteiger partial charge in [0.05, 0.1) is 17.5 Å². The summed E-state index contributed by atoms with van der Waals surface area (Å²) in [6.45, 7) is -2.80. The fourth-order valence-electron chi connectivity index (χ4n) is 3.98. The zero-order valence-corrected chi connectivity index (χ0v) is 18.8. The molecule has 37 heavy (non-hydrogen) atoms. The Morgan fingerprint density at radius 2 is 1.95 bits per heavy atom. The van der Waals surface area contributed by atoms with Crippen molar-refractivity contribution in [3.63, 3.8) is 0 Å². The lowest BCUT2D eigenvalue weighted by Gasteiger charge is -2.13. The zero-order chi connectivity index (χ0) is 28.8. The normalized spacial score (nSPS) is 13.7. The molecule has 0 bridgehead atoms.